The van der Waals surface area contributed by atoms with Crippen LogP contribution in [0, 0.1) is 0 Å². The zero-order chi connectivity index (χ0) is 10.1. The number of nitrogens with one attached hydrogen (secondary N) is 1. The molecule has 4 nitrogen and oxygen atoms in total. The van der Waals surface area contributed by atoms with E-state index in [9.17, 15) is 0 Å². The van der Waals surface area contributed by atoms with Crippen LogP contribution in [-0.4, -0.2) is 6.21 Å². The Morgan fingerprint density at radius 1 is 1.38 bits per heavy atom. The molecule has 0 aliphatic heterocycles. The minimum atomic E-state index is 0.717. The van der Waals surface area contributed by atoms with Crippen LogP contribution in [0.15, 0.2) is 29.4 Å². The number of nitrogens with two attached hydrogens (primary N) is 2. The van der Waals surface area contributed by atoms with Gasteiger partial charge >= 0.3 is 0 Å². The summed E-state index contributed by atoms with van der Waals surface area (Å²) < 4.78 is 0. The Bertz CT molecular complexity index is 241. The van der Waals surface area contributed by atoms with Crippen molar-refractivity contribution in [2.24, 2.45) is 16.8 Å². The standard InChI is InChI=1S/C6H7ClN2.C2H6N2/c7-5-1-3-6(9-8)4-2-5;1-2-4-3/h1-4,9H,8H2;2H,3H2,1H3. The molecule has 0 aliphatic rings. The number of halogens is 1. The molecule has 0 bridgehead atoms. The second kappa shape index (κ2) is 7.39. The summed E-state index contributed by atoms with van der Waals surface area (Å²) in [5.74, 6) is 9.70. The Morgan fingerprint density at radius 3 is 2.15 bits per heavy atom. The topological polar surface area (TPSA) is 76.4 Å². The van der Waals surface area contributed by atoms with Crippen molar-refractivity contribution in [2.45, 2.75) is 6.92 Å². The van der Waals surface area contributed by atoms with Crippen molar-refractivity contribution in [2.75, 3.05) is 5.43 Å². The highest BCUT2D eigenvalue weighted by molar-refractivity contribution is 6.30. The summed E-state index contributed by atoms with van der Waals surface area (Å²) >= 11 is 5.60. The second-order valence-electron chi connectivity index (χ2n) is 2.06. The van der Waals surface area contributed by atoms with Crippen LogP contribution in [0.3, 0.4) is 0 Å². The lowest BCUT2D eigenvalue weighted by Gasteiger charge is -1.96. The molecular formula is C8H13ClN4. The van der Waals surface area contributed by atoms with Crippen molar-refractivity contribution >= 4 is 23.5 Å². The van der Waals surface area contributed by atoms with E-state index in [2.05, 4.69) is 16.4 Å². The van der Waals surface area contributed by atoms with Gasteiger partial charge in [-0.05, 0) is 31.2 Å². The molecule has 1 aromatic carbocycles. The molecule has 5 heteroatoms. The predicted molar refractivity (Wildman–Crippen MR) is 57.6 cm³/mol. The van der Waals surface area contributed by atoms with Gasteiger partial charge in [0, 0.05) is 16.9 Å². The molecule has 0 unspecified atom stereocenters. The molecule has 0 spiro atoms. The van der Waals surface area contributed by atoms with E-state index >= 15 is 0 Å². The number of hydrazine groups is 1. The van der Waals surface area contributed by atoms with Gasteiger partial charge in [-0.3, -0.25) is 5.84 Å². The van der Waals surface area contributed by atoms with Crippen LogP contribution in [0.5, 0.6) is 0 Å². The molecule has 13 heavy (non-hydrogen) atoms. The maximum atomic E-state index is 5.60. The number of anilines is 1. The van der Waals surface area contributed by atoms with Crippen LogP contribution < -0.4 is 17.1 Å². The number of hydrogen-bond acceptors (Lipinski definition) is 4. The summed E-state index contributed by atoms with van der Waals surface area (Å²) in [6, 6.07) is 7.16. The molecule has 0 saturated heterocycles. The van der Waals surface area contributed by atoms with Gasteiger partial charge in [-0.25, -0.2) is 0 Å². The zero-order valence-corrected chi connectivity index (χ0v) is 8.12. The van der Waals surface area contributed by atoms with Gasteiger partial charge in [0.1, 0.15) is 0 Å². The molecule has 0 aromatic heterocycles. The molecule has 0 heterocycles. The quantitative estimate of drug-likeness (QED) is 0.366. The van der Waals surface area contributed by atoms with Gasteiger partial charge < -0.3 is 11.3 Å². The summed E-state index contributed by atoms with van der Waals surface area (Å²) in [4.78, 5) is 0. The van der Waals surface area contributed by atoms with Gasteiger partial charge in [-0.1, -0.05) is 11.6 Å². The van der Waals surface area contributed by atoms with E-state index in [0.717, 1.165) is 5.69 Å². The summed E-state index contributed by atoms with van der Waals surface area (Å²) in [7, 11) is 0. The van der Waals surface area contributed by atoms with E-state index in [-0.39, 0.29) is 0 Å². The van der Waals surface area contributed by atoms with Crippen LogP contribution in [0.1, 0.15) is 6.92 Å². The molecule has 0 radical (unpaired) electrons. The van der Waals surface area contributed by atoms with Gasteiger partial charge in [0.25, 0.3) is 0 Å². The Kier molecular flexibility index (Phi) is 6.68. The highest BCUT2D eigenvalue weighted by atomic mass is 35.5. The monoisotopic (exact) mass is 200 g/mol. The van der Waals surface area contributed by atoms with Crippen molar-refractivity contribution < 1.29 is 0 Å². The van der Waals surface area contributed by atoms with Crippen LogP contribution >= 0.6 is 11.6 Å². The average molecular weight is 201 g/mol. The van der Waals surface area contributed by atoms with Crippen molar-refractivity contribution in [3.63, 3.8) is 0 Å². The first-order chi connectivity index (χ1) is 6.24. The Morgan fingerprint density at radius 2 is 1.85 bits per heavy atom. The Balaban J connectivity index is 0.000000310. The minimum absolute atomic E-state index is 0.717. The van der Waals surface area contributed by atoms with E-state index in [0.29, 0.717) is 5.02 Å². The molecule has 72 valence electrons. The van der Waals surface area contributed by atoms with E-state index < -0.39 is 0 Å². The molecule has 1 aromatic rings. The van der Waals surface area contributed by atoms with Crippen LogP contribution in [-0.2, 0) is 0 Å². The van der Waals surface area contributed by atoms with Crippen molar-refractivity contribution in [1.29, 1.82) is 0 Å². The summed E-state index contributed by atoms with van der Waals surface area (Å²) in [6.45, 7) is 1.76. The Labute approximate surface area is 82.5 Å². The lowest BCUT2D eigenvalue weighted by Crippen LogP contribution is -2.05. The molecule has 0 fully saturated rings. The van der Waals surface area contributed by atoms with Gasteiger partial charge in [0.15, 0.2) is 0 Å². The number of nitrogen functional groups attached to an aromatic ring is 1. The van der Waals surface area contributed by atoms with Gasteiger partial charge in [0.2, 0.25) is 0 Å². The molecule has 1 rings (SSSR count). The fraction of sp³-hybridized carbons (Fsp3) is 0.125. The third-order valence-electron chi connectivity index (χ3n) is 1.16. The minimum Gasteiger partial charge on any atom is -0.324 e. The number of nitrogens with zero attached hydrogens (tertiary/aromatic N) is 1. The number of hydrogen-bond donors (Lipinski definition) is 3. The largest absolute Gasteiger partial charge is 0.324 e. The predicted octanol–water partition coefficient (Wildman–Crippen LogP) is 1.58. The zero-order valence-electron chi connectivity index (χ0n) is 7.37. The fourth-order valence-electron chi connectivity index (χ4n) is 0.546. The highest BCUT2D eigenvalue weighted by Gasteiger charge is 1.85. The second-order valence-corrected chi connectivity index (χ2v) is 2.49. The smallest absolute Gasteiger partial charge is 0.0486 e. The molecule has 5 N–H and O–H groups in total. The summed E-state index contributed by atoms with van der Waals surface area (Å²) in [5, 5.41) is 3.83. The third-order valence-corrected chi connectivity index (χ3v) is 1.41. The SMILES string of the molecule is CC=NN.NNc1ccc(Cl)cc1. The molecule has 0 atom stereocenters. The van der Waals surface area contributed by atoms with E-state index in [1.807, 2.05) is 12.1 Å². The summed E-state index contributed by atoms with van der Waals surface area (Å²) in [6.07, 6.45) is 1.53. The molecule has 0 saturated carbocycles. The molecular weight excluding hydrogens is 188 g/mol. The van der Waals surface area contributed by atoms with Gasteiger partial charge in [-0.15, -0.1) is 0 Å². The number of benzene rings is 1. The number of hydrazone groups is 1. The van der Waals surface area contributed by atoms with Crippen molar-refractivity contribution in [3.05, 3.63) is 29.3 Å². The van der Waals surface area contributed by atoms with Gasteiger partial charge in [-0.2, -0.15) is 5.10 Å². The fourth-order valence-corrected chi connectivity index (χ4v) is 0.672. The normalized spacial score (nSPS) is 9.15. The lowest BCUT2D eigenvalue weighted by molar-refractivity contribution is 1.26. The summed E-state index contributed by atoms with van der Waals surface area (Å²) in [5.41, 5.74) is 3.36. The van der Waals surface area contributed by atoms with E-state index in [1.165, 1.54) is 6.21 Å². The lowest BCUT2D eigenvalue weighted by atomic mass is 10.3. The first-order valence-corrected chi connectivity index (χ1v) is 4.02. The van der Waals surface area contributed by atoms with Crippen molar-refractivity contribution in [1.82, 2.24) is 0 Å². The third kappa shape index (κ3) is 5.95. The maximum Gasteiger partial charge on any atom is 0.0486 e. The molecule has 0 amide bonds. The first kappa shape index (κ1) is 11.7. The van der Waals surface area contributed by atoms with Crippen LogP contribution in [0.4, 0.5) is 5.69 Å². The van der Waals surface area contributed by atoms with E-state index in [4.69, 9.17) is 17.4 Å². The maximum absolute atomic E-state index is 5.60. The first-order valence-electron chi connectivity index (χ1n) is 3.64. The highest BCUT2D eigenvalue weighted by Crippen LogP contribution is 2.11. The Hall–Kier alpha value is -1.26. The van der Waals surface area contributed by atoms with Crippen LogP contribution in [0.2, 0.25) is 5.02 Å². The van der Waals surface area contributed by atoms with E-state index in [1.54, 1.807) is 19.1 Å². The van der Waals surface area contributed by atoms with Gasteiger partial charge in [0.05, 0.1) is 0 Å². The molecule has 0 aliphatic carbocycles. The van der Waals surface area contributed by atoms with Crippen LogP contribution in [0.25, 0.3) is 0 Å². The average Bonchev–Trinajstić information content (AvgIpc) is 2.19. The van der Waals surface area contributed by atoms with Crippen molar-refractivity contribution in [3.8, 4) is 0 Å². The number of rotatable bonds is 1.